The molecule has 2 heteroatoms. The molecule has 0 aromatic carbocycles. The summed E-state index contributed by atoms with van der Waals surface area (Å²) in [4.78, 5) is 0. The molecule has 0 spiro atoms. The highest BCUT2D eigenvalue weighted by Gasteiger charge is 2.23. The Labute approximate surface area is 81.0 Å². The molecule has 1 unspecified atom stereocenters. The molecule has 2 aliphatic rings. The van der Waals surface area contributed by atoms with Crippen molar-refractivity contribution in [2.45, 2.75) is 19.4 Å². The van der Waals surface area contributed by atoms with Gasteiger partial charge in [-0.25, -0.2) is 0 Å². The van der Waals surface area contributed by atoms with Gasteiger partial charge < -0.3 is 3.11 Å². The first-order valence-electron chi connectivity index (χ1n) is 3.78. The van der Waals surface area contributed by atoms with E-state index in [1.165, 1.54) is 11.1 Å². The quantitative estimate of drug-likeness (QED) is 0.477. The Bertz CT molecular complexity index is 263. The fraction of sp³-hybridized carbons (Fsp3) is 0.333. The monoisotopic (exact) mass is 259 g/mol. The van der Waals surface area contributed by atoms with Gasteiger partial charge in [0, 0.05) is 6.20 Å². The Balaban J connectivity index is 2.39. The lowest BCUT2D eigenvalue weighted by molar-refractivity contribution is 0.560. The number of rotatable bonds is 0. The Morgan fingerprint density at radius 2 is 2.36 bits per heavy atom. The van der Waals surface area contributed by atoms with Crippen LogP contribution in [0.5, 0.6) is 0 Å². The van der Waals surface area contributed by atoms with Gasteiger partial charge in [-0.15, -0.1) is 0 Å². The molecule has 1 heterocycles. The van der Waals surface area contributed by atoms with Crippen LogP contribution in [0.2, 0.25) is 0 Å². The third-order valence-electron chi connectivity index (χ3n) is 2.24. The maximum absolute atomic E-state index is 2.35. The maximum atomic E-state index is 2.35. The van der Waals surface area contributed by atoms with E-state index in [0.29, 0.717) is 6.04 Å². The summed E-state index contributed by atoms with van der Waals surface area (Å²) >= 11 is 2.35. The van der Waals surface area contributed by atoms with Crippen molar-refractivity contribution in [2.24, 2.45) is 0 Å². The first-order chi connectivity index (χ1) is 5.29. The number of allylic oxidation sites excluding steroid dienone is 2. The van der Waals surface area contributed by atoms with E-state index in [2.05, 4.69) is 57.3 Å². The van der Waals surface area contributed by atoms with Crippen molar-refractivity contribution in [1.29, 1.82) is 0 Å². The number of hydrogen-bond acceptors (Lipinski definition) is 1. The molecular weight excluding hydrogens is 249 g/mol. The van der Waals surface area contributed by atoms with Crippen LogP contribution in [0.15, 0.2) is 35.6 Å². The lowest BCUT2D eigenvalue weighted by atomic mass is 9.96. The summed E-state index contributed by atoms with van der Waals surface area (Å²) in [6.45, 7) is 2.18. The second kappa shape index (κ2) is 2.66. The van der Waals surface area contributed by atoms with E-state index in [4.69, 9.17) is 0 Å². The van der Waals surface area contributed by atoms with Crippen LogP contribution < -0.4 is 0 Å². The van der Waals surface area contributed by atoms with Gasteiger partial charge in [0.15, 0.2) is 0 Å². The third kappa shape index (κ3) is 1.13. The molecule has 0 saturated heterocycles. The van der Waals surface area contributed by atoms with Crippen LogP contribution in [-0.2, 0) is 0 Å². The molecule has 1 aliphatic heterocycles. The van der Waals surface area contributed by atoms with Crippen molar-refractivity contribution in [3.63, 3.8) is 0 Å². The van der Waals surface area contributed by atoms with Gasteiger partial charge in [-0.3, -0.25) is 0 Å². The van der Waals surface area contributed by atoms with Gasteiger partial charge in [-0.2, -0.15) is 0 Å². The number of nitrogens with zero attached hydrogens (tertiary/aromatic N) is 1. The van der Waals surface area contributed by atoms with Crippen LogP contribution in [0.1, 0.15) is 13.3 Å². The molecule has 0 bridgehead atoms. The zero-order chi connectivity index (χ0) is 7.84. The number of hydrogen-bond donors (Lipinski definition) is 0. The van der Waals surface area contributed by atoms with Crippen molar-refractivity contribution in [3.05, 3.63) is 35.6 Å². The van der Waals surface area contributed by atoms with E-state index < -0.39 is 0 Å². The molecule has 1 aliphatic carbocycles. The molecule has 0 radical (unpaired) electrons. The Morgan fingerprint density at radius 3 is 3.09 bits per heavy atom. The van der Waals surface area contributed by atoms with Gasteiger partial charge in [-0.1, -0.05) is 12.2 Å². The van der Waals surface area contributed by atoms with E-state index in [0.717, 1.165) is 6.42 Å². The minimum absolute atomic E-state index is 0.612. The van der Waals surface area contributed by atoms with Crippen molar-refractivity contribution < 1.29 is 0 Å². The van der Waals surface area contributed by atoms with E-state index >= 15 is 0 Å². The second-order valence-corrected chi connectivity index (χ2v) is 4.07. The first-order valence-corrected chi connectivity index (χ1v) is 4.75. The summed E-state index contributed by atoms with van der Waals surface area (Å²) in [5, 5.41) is 0. The van der Waals surface area contributed by atoms with E-state index in [-0.39, 0.29) is 0 Å². The van der Waals surface area contributed by atoms with Gasteiger partial charge in [0.1, 0.15) is 0 Å². The molecule has 11 heavy (non-hydrogen) atoms. The van der Waals surface area contributed by atoms with E-state index in [1.54, 1.807) is 0 Å². The molecule has 0 N–H and O–H groups in total. The minimum atomic E-state index is 0.612. The molecule has 2 rings (SSSR count). The first kappa shape index (κ1) is 7.40. The summed E-state index contributed by atoms with van der Waals surface area (Å²) in [5.74, 6) is 0. The highest BCUT2D eigenvalue weighted by molar-refractivity contribution is 14.1. The SMILES string of the molecule is CC1=C2C=CN(I)C2CC=C1. The third-order valence-corrected chi connectivity index (χ3v) is 3.23. The van der Waals surface area contributed by atoms with Gasteiger partial charge >= 0.3 is 0 Å². The van der Waals surface area contributed by atoms with Crippen LogP contribution in [0, 0.1) is 0 Å². The summed E-state index contributed by atoms with van der Waals surface area (Å²) in [6.07, 6.45) is 9.99. The number of fused-ring (bicyclic) bond motifs is 1. The highest BCUT2D eigenvalue weighted by atomic mass is 127. The summed E-state index contributed by atoms with van der Waals surface area (Å²) in [7, 11) is 0. The fourth-order valence-electron chi connectivity index (χ4n) is 1.59. The van der Waals surface area contributed by atoms with E-state index in [1.807, 2.05) is 0 Å². The van der Waals surface area contributed by atoms with Crippen LogP contribution in [0.25, 0.3) is 0 Å². The van der Waals surface area contributed by atoms with Gasteiger partial charge in [0.05, 0.1) is 28.9 Å². The smallest absolute Gasteiger partial charge is 0.0673 e. The molecule has 1 nitrogen and oxygen atoms in total. The predicted molar refractivity (Wildman–Crippen MR) is 55.2 cm³/mol. The lowest BCUT2D eigenvalue weighted by Crippen LogP contribution is -2.20. The topological polar surface area (TPSA) is 3.24 Å². The molecule has 0 aromatic rings. The molecule has 0 amide bonds. The minimum Gasteiger partial charge on any atom is -0.314 e. The summed E-state index contributed by atoms with van der Waals surface area (Å²) in [6, 6.07) is 0.612. The normalized spacial score (nSPS) is 28.2. The Hall–Kier alpha value is -0.250. The molecule has 58 valence electrons. The van der Waals surface area contributed by atoms with Gasteiger partial charge in [-0.05, 0) is 30.6 Å². The van der Waals surface area contributed by atoms with Crippen molar-refractivity contribution >= 4 is 22.9 Å². The van der Waals surface area contributed by atoms with Crippen LogP contribution in [0.4, 0.5) is 0 Å². The van der Waals surface area contributed by atoms with Crippen molar-refractivity contribution in [3.8, 4) is 0 Å². The number of halogens is 1. The second-order valence-electron chi connectivity index (χ2n) is 2.95. The lowest BCUT2D eigenvalue weighted by Gasteiger charge is -2.22. The predicted octanol–water partition coefficient (Wildman–Crippen LogP) is 2.81. The molecule has 0 aromatic heterocycles. The summed E-state index contributed by atoms with van der Waals surface area (Å²) < 4.78 is 2.25. The van der Waals surface area contributed by atoms with Gasteiger partial charge in [0.25, 0.3) is 0 Å². The maximum Gasteiger partial charge on any atom is 0.0673 e. The van der Waals surface area contributed by atoms with Gasteiger partial charge in [0.2, 0.25) is 0 Å². The molecule has 0 saturated carbocycles. The largest absolute Gasteiger partial charge is 0.314 e. The Kier molecular flexibility index (Phi) is 1.79. The fourth-order valence-corrected chi connectivity index (χ4v) is 2.28. The van der Waals surface area contributed by atoms with Crippen LogP contribution >= 0.6 is 22.9 Å². The van der Waals surface area contributed by atoms with Crippen LogP contribution in [0.3, 0.4) is 0 Å². The average molecular weight is 259 g/mol. The van der Waals surface area contributed by atoms with Crippen molar-refractivity contribution in [1.82, 2.24) is 3.11 Å². The zero-order valence-electron chi connectivity index (χ0n) is 6.42. The zero-order valence-corrected chi connectivity index (χ0v) is 8.58. The van der Waals surface area contributed by atoms with Crippen molar-refractivity contribution in [2.75, 3.05) is 0 Å². The molecule has 1 atom stereocenters. The standard InChI is InChI=1S/C9H10IN/c1-7-3-2-4-9-8(7)5-6-11(9)10/h2-3,5-6,9H,4H2,1H3. The Morgan fingerprint density at radius 1 is 1.55 bits per heavy atom. The van der Waals surface area contributed by atoms with E-state index in [9.17, 15) is 0 Å². The molecule has 0 fully saturated rings. The summed E-state index contributed by atoms with van der Waals surface area (Å²) in [5.41, 5.74) is 2.90. The molecular formula is C9H10IN. The van der Waals surface area contributed by atoms with Crippen LogP contribution in [-0.4, -0.2) is 9.16 Å². The highest BCUT2D eigenvalue weighted by Crippen LogP contribution is 2.32. The average Bonchev–Trinajstić information content (AvgIpc) is 2.35.